The summed E-state index contributed by atoms with van der Waals surface area (Å²) in [4.78, 5) is 10.5. The molecule has 0 N–H and O–H groups in total. The van der Waals surface area contributed by atoms with Crippen LogP contribution in [0.2, 0.25) is 5.15 Å². The van der Waals surface area contributed by atoms with Crippen molar-refractivity contribution in [1.82, 2.24) is 9.97 Å². The number of thiophene rings is 1. The van der Waals surface area contributed by atoms with Gasteiger partial charge in [-0.05, 0) is 23.1 Å². The van der Waals surface area contributed by atoms with E-state index in [-0.39, 0.29) is 11.2 Å². The van der Waals surface area contributed by atoms with Gasteiger partial charge in [0.25, 0.3) is 0 Å². The van der Waals surface area contributed by atoms with E-state index in [1.165, 1.54) is 23.3 Å². The Labute approximate surface area is 131 Å². The highest BCUT2D eigenvalue weighted by Gasteiger charge is 2.26. The van der Waals surface area contributed by atoms with Crippen LogP contribution in [0.25, 0.3) is 21.3 Å². The minimum absolute atomic E-state index is 0.0571. The minimum Gasteiger partial charge on any atom is -0.225 e. The van der Waals surface area contributed by atoms with Crippen LogP contribution in [0.3, 0.4) is 0 Å². The molecule has 0 radical (unpaired) electrons. The molecule has 21 heavy (non-hydrogen) atoms. The van der Waals surface area contributed by atoms with E-state index in [0.717, 1.165) is 21.3 Å². The summed E-state index contributed by atoms with van der Waals surface area (Å²) in [5.74, 6) is -0.252. The van der Waals surface area contributed by atoms with Gasteiger partial charge >= 0.3 is 0 Å². The Hall–Kier alpha value is -1.52. The zero-order valence-electron chi connectivity index (χ0n) is 11.9. The van der Waals surface area contributed by atoms with E-state index >= 15 is 0 Å². The summed E-state index contributed by atoms with van der Waals surface area (Å²) in [5, 5.41) is 1.28. The molecule has 0 unspecified atom stereocenters. The fraction of sp³-hybridized carbons (Fsp3) is 0.250. The number of hydrogen-bond donors (Lipinski definition) is 0. The fourth-order valence-electron chi connectivity index (χ4n) is 2.32. The van der Waals surface area contributed by atoms with Crippen molar-refractivity contribution in [2.24, 2.45) is 0 Å². The molecule has 3 aromatic rings. The molecule has 2 nitrogen and oxygen atoms in total. The van der Waals surface area contributed by atoms with Gasteiger partial charge in [0.2, 0.25) is 0 Å². The molecular formula is C16H14ClFN2S. The Morgan fingerprint density at radius 1 is 1.10 bits per heavy atom. The first-order chi connectivity index (χ1) is 9.88. The molecule has 0 aliphatic rings. The molecule has 2 heterocycles. The van der Waals surface area contributed by atoms with Crippen LogP contribution < -0.4 is 0 Å². The quantitative estimate of drug-likeness (QED) is 0.557. The zero-order valence-corrected chi connectivity index (χ0v) is 13.5. The molecule has 3 rings (SSSR count). The van der Waals surface area contributed by atoms with Crippen LogP contribution in [0.15, 0.2) is 30.6 Å². The van der Waals surface area contributed by atoms with Gasteiger partial charge in [-0.1, -0.05) is 44.5 Å². The number of fused-ring (bicyclic) bond motifs is 1. The smallest absolute Gasteiger partial charge is 0.141 e. The van der Waals surface area contributed by atoms with Gasteiger partial charge in [-0.2, -0.15) is 0 Å². The second-order valence-corrected chi connectivity index (χ2v) is 7.26. The summed E-state index contributed by atoms with van der Waals surface area (Å²) in [6.07, 6.45) is 1.47. The van der Waals surface area contributed by atoms with Crippen LogP contribution in [0, 0.1) is 5.82 Å². The van der Waals surface area contributed by atoms with Gasteiger partial charge in [0, 0.05) is 10.4 Å². The maximum Gasteiger partial charge on any atom is 0.141 e. The molecule has 5 heteroatoms. The van der Waals surface area contributed by atoms with Gasteiger partial charge in [0.1, 0.15) is 22.1 Å². The van der Waals surface area contributed by atoms with Crippen LogP contribution in [0.5, 0.6) is 0 Å². The third kappa shape index (κ3) is 2.54. The molecule has 108 valence electrons. The van der Waals surface area contributed by atoms with E-state index in [1.54, 1.807) is 23.5 Å². The first-order valence-electron chi connectivity index (χ1n) is 6.57. The van der Waals surface area contributed by atoms with E-state index < -0.39 is 0 Å². The van der Waals surface area contributed by atoms with Gasteiger partial charge in [0.15, 0.2) is 0 Å². The number of aromatic nitrogens is 2. The van der Waals surface area contributed by atoms with Gasteiger partial charge < -0.3 is 0 Å². The molecule has 2 aromatic heterocycles. The maximum atomic E-state index is 13.2. The monoisotopic (exact) mass is 320 g/mol. The largest absolute Gasteiger partial charge is 0.225 e. The second kappa shape index (κ2) is 5.04. The van der Waals surface area contributed by atoms with Gasteiger partial charge in [-0.25, -0.2) is 14.4 Å². The van der Waals surface area contributed by atoms with Crippen molar-refractivity contribution in [1.29, 1.82) is 0 Å². The Bertz CT molecular complexity index is 803. The van der Waals surface area contributed by atoms with E-state index in [1.807, 2.05) is 0 Å². The highest BCUT2D eigenvalue weighted by Crippen LogP contribution is 2.45. The summed E-state index contributed by atoms with van der Waals surface area (Å²) in [6, 6.07) is 6.47. The molecule has 0 atom stereocenters. The summed E-state index contributed by atoms with van der Waals surface area (Å²) in [5.41, 5.74) is 1.88. The molecule has 0 saturated carbocycles. The highest BCUT2D eigenvalue weighted by molar-refractivity contribution is 7.19. The lowest BCUT2D eigenvalue weighted by atomic mass is 9.88. The minimum atomic E-state index is -0.252. The van der Waals surface area contributed by atoms with E-state index in [4.69, 9.17) is 11.6 Å². The van der Waals surface area contributed by atoms with Crippen LogP contribution in [-0.4, -0.2) is 9.97 Å². The molecule has 0 bridgehead atoms. The standard InChI is InChI=1S/C16H14ClFN2S/c1-16(2,3)13-11(9-4-6-10(18)7-5-9)12-14(17)19-8-20-15(12)21-13/h4-8H,1-3H3. The molecule has 1 aromatic carbocycles. The van der Waals surface area contributed by atoms with Crippen molar-refractivity contribution in [3.63, 3.8) is 0 Å². The first-order valence-corrected chi connectivity index (χ1v) is 7.77. The van der Waals surface area contributed by atoms with Crippen molar-refractivity contribution in [3.05, 3.63) is 46.4 Å². The van der Waals surface area contributed by atoms with Crippen molar-refractivity contribution in [2.45, 2.75) is 26.2 Å². The molecule has 0 aliphatic carbocycles. The van der Waals surface area contributed by atoms with Crippen LogP contribution in [0.4, 0.5) is 4.39 Å². The SMILES string of the molecule is CC(C)(C)c1sc2ncnc(Cl)c2c1-c1ccc(F)cc1. The number of benzene rings is 1. The first kappa shape index (κ1) is 14.4. The van der Waals surface area contributed by atoms with E-state index in [0.29, 0.717) is 5.15 Å². The summed E-state index contributed by atoms with van der Waals surface area (Å²) >= 11 is 7.90. The summed E-state index contributed by atoms with van der Waals surface area (Å²) in [7, 11) is 0. The van der Waals surface area contributed by atoms with E-state index in [9.17, 15) is 4.39 Å². The third-order valence-electron chi connectivity index (χ3n) is 3.26. The van der Waals surface area contributed by atoms with Crippen molar-refractivity contribution in [2.75, 3.05) is 0 Å². The van der Waals surface area contributed by atoms with Crippen LogP contribution in [0.1, 0.15) is 25.6 Å². The predicted octanol–water partition coefficient (Wildman–Crippen LogP) is 5.45. The molecule has 0 amide bonds. The molecule has 0 spiro atoms. The van der Waals surface area contributed by atoms with Crippen molar-refractivity contribution in [3.8, 4) is 11.1 Å². The lowest BCUT2D eigenvalue weighted by Gasteiger charge is -2.19. The van der Waals surface area contributed by atoms with E-state index in [2.05, 4.69) is 30.7 Å². The van der Waals surface area contributed by atoms with Crippen molar-refractivity contribution >= 4 is 33.2 Å². The predicted molar refractivity (Wildman–Crippen MR) is 86.5 cm³/mol. The average molecular weight is 321 g/mol. The van der Waals surface area contributed by atoms with Crippen LogP contribution >= 0.6 is 22.9 Å². The summed E-state index contributed by atoms with van der Waals surface area (Å²) in [6.45, 7) is 6.43. The van der Waals surface area contributed by atoms with Crippen molar-refractivity contribution < 1.29 is 4.39 Å². The Morgan fingerprint density at radius 3 is 2.38 bits per heavy atom. The molecule has 0 fully saturated rings. The maximum absolute atomic E-state index is 13.2. The molecule has 0 aliphatic heterocycles. The topological polar surface area (TPSA) is 25.8 Å². The van der Waals surface area contributed by atoms with Gasteiger partial charge in [-0.15, -0.1) is 11.3 Å². The summed E-state index contributed by atoms with van der Waals surface area (Å²) < 4.78 is 13.2. The highest BCUT2D eigenvalue weighted by atomic mass is 35.5. The number of nitrogens with zero attached hydrogens (tertiary/aromatic N) is 2. The Balaban J connectivity index is 2.40. The zero-order chi connectivity index (χ0) is 15.2. The average Bonchev–Trinajstić information content (AvgIpc) is 2.80. The number of hydrogen-bond acceptors (Lipinski definition) is 3. The van der Waals surface area contributed by atoms with Gasteiger partial charge in [0.05, 0.1) is 5.39 Å². The molecule has 0 saturated heterocycles. The number of halogens is 2. The molecular weight excluding hydrogens is 307 g/mol. The lowest BCUT2D eigenvalue weighted by molar-refractivity contribution is 0.605. The number of rotatable bonds is 1. The Kier molecular flexibility index (Phi) is 3.46. The lowest BCUT2D eigenvalue weighted by Crippen LogP contribution is -2.09. The fourth-order valence-corrected chi connectivity index (χ4v) is 3.82. The second-order valence-electron chi connectivity index (χ2n) is 5.91. The van der Waals surface area contributed by atoms with Gasteiger partial charge in [-0.3, -0.25) is 0 Å². The third-order valence-corrected chi connectivity index (χ3v) is 5.07. The van der Waals surface area contributed by atoms with Crippen LogP contribution in [-0.2, 0) is 5.41 Å². The normalized spacial score (nSPS) is 12.0. The Morgan fingerprint density at radius 2 is 1.76 bits per heavy atom.